The van der Waals surface area contributed by atoms with Gasteiger partial charge < -0.3 is 14.0 Å². The van der Waals surface area contributed by atoms with Crippen molar-refractivity contribution in [3.8, 4) is 29.0 Å². The molecule has 3 aromatic rings. The smallest absolute Gasteiger partial charge is 0.364 e. The first-order valence-corrected chi connectivity index (χ1v) is 9.66. The van der Waals surface area contributed by atoms with Crippen molar-refractivity contribution in [3.63, 3.8) is 0 Å². The summed E-state index contributed by atoms with van der Waals surface area (Å²) in [7, 11) is 1.48. The molecule has 2 aromatic carbocycles. The number of aromatic nitrogens is 2. The highest BCUT2D eigenvalue weighted by Crippen LogP contribution is 2.31. The number of esters is 1. The summed E-state index contributed by atoms with van der Waals surface area (Å²) in [5.41, 5.74) is 2.67. The maximum absolute atomic E-state index is 13.0. The Hall–Kier alpha value is -3.59. The number of carbonyl (C=O) groups excluding carboxylic acids is 1. The number of ether oxygens (including phenoxy) is 2. The van der Waals surface area contributed by atoms with Crippen LogP contribution in [-0.2, 0) is 13.0 Å². The molecule has 6 nitrogen and oxygen atoms in total. The van der Waals surface area contributed by atoms with E-state index in [1.54, 1.807) is 18.2 Å². The highest BCUT2D eigenvalue weighted by atomic mass is 16.6. The van der Waals surface area contributed by atoms with Crippen molar-refractivity contribution in [1.29, 1.82) is 5.26 Å². The average Bonchev–Trinajstić information content (AvgIpc) is 2.95. The number of imidazole rings is 1. The fraction of sp³-hybridized carbons (Fsp3) is 0.261. The summed E-state index contributed by atoms with van der Waals surface area (Å²) >= 11 is 0. The molecule has 0 saturated heterocycles. The quantitative estimate of drug-likeness (QED) is 0.490. The van der Waals surface area contributed by atoms with Gasteiger partial charge in [0.25, 0.3) is 0 Å². The Morgan fingerprint density at radius 3 is 2.69 bits per heavy atom. The van der Waals surface area contributed by atoms with Gasteiger partial charge in [0.1, 0.15) is 5.82 Å². The minimum atomic E-state index is -0.513. The Balaban J connectivity index is 1.72. The molecule has 0 radical (unpaired) electrons. The molecule has 0 bridgehead atoms. The lowest BCUT2D eigenvalue weighted by Crippen LogP contribution is -2.13. The third kappa shape index (κ3) is 3.72. The van der Waals surface area contributed by atoms with E-state index in [4.69, 9.17) is 14.7 Å². The summed E-state index contributed by atoms with van der Waals surface area (Å²) < 4.78 is 13.1. The summed E-state index contributed by atoms with van der Waals surface area (Å²) in [5, 5.41) is 9.05. The highest BCUT2D eigenvalue weighted by Gasteiger charge is 2.26. The van der Waals surface area contributed by atoms with E-state index >= 15 is 0 Å². The summed E-state index contributed by atoms with van der Waals surface area (Å²) in [4.78, 5) is 17.7. The minimum Gasteiger partial charge on any atom is -0.493 e. The minimum absolute atomic E-state index is 0.271. The van der Waals surface area contributed by atoms with Crippen molar-refractivity contribution >= 4 is 5.97 Å². The van der Waals surface area contributed by atoms with E-state index in [1.807, 2.05) is 36.4 Å². The molecule has 0 unspecified atom stereocenters. The number of carbonyl (C=O) groups is 1. The zero-order valence-electron chi connectivity index (χ0n) is 16.2. The lowest BCUT2D eigenvalue weighted by molar-refractivity contribution is 0.0722. The van der Waals surface area contributed by atoms with Crippen LogP contribution < -0.4 is 9.47 Å². The van der Waals surface area contributed by atoms with Gasteiger partial charge in [-0.15, -0.1) is 0 Å². The van der Waals surface area contributed by atoms with Gasteiger partial charge in [0, 0.05) is 18.2 Å². The molecular weight excluding hydrogens is 366 g/mol. The maximum Gasteiger partial charge on any atom is 0.364 e. The fourth-order valence-corrected chi connectivity index (χ4v) is 3.66. The summed E-state index contributed by atoms with van der Waals surface area (Å²) in [6, 6.07) is 16.6. The maximum atomic E-state index is 13.0. The fourth-order valence-electron chi connectivity index (χ4n) is 3.66. The van der Waals surface area contributed by atoms with E-state index in [9.17, 15) is 4.79 Å². The molecule has 29 heavy (non-hydrogen) atoms. The molecule has 1 aliphatic heterocycles. The van der Waals surface area contributed by atoms with Crippen LogP contribution in [-0.4, -0.2) is 22.6 Å². The van der Waals surface area contributed by atoms with Crippen LogP contribution in [0.3, 0.4) is 0 Å². The zero-order chi connectivity index (χ0) is 20.2. The number of benzene rings is 2. The Kier molecular flexibility index (Phi) is 5.30. The van der Waals surface area contributed by atoms with Gasteiger partial charge in [0.05, 0.1) is 24.4 Å². The Morgan fingerprint density at radius 1 is 1.10 bits per heavy atom. The number of nitrogens with zero attached hydrogens (tertiary/aromatic N) is 3. The number of methoxy groups -OCH3 is 1. The normalized spacial score (nSPS) is 13.1. The first-order valence-electron chi connectivity index (χ1n) is 9.66. The lowest BCUT2D eigenvalue weighted by atomic mass is 10.1. The van der Waals surface area contributed by atoms with E-state index in [0.717, 1.165) is 49.3 Å². The van der Waals surface area contributed by atoms with Crippen LogP contribution in [0.4, 0.5) is 0 Å². The van der Waals surface area contributed by atoms with Crippen molar-refractivity contribution in [2.75, 3.05) is 7.11 Å². The van der Waals surface area contributed by atoms with Crippen molar-refractivity contribution in [3.05, 3.63) is 65.5 Å². The molecule has 6 heteroatoms. The van der Waals surface area contributed by atoms with Gasteiger partial charge >= 0.3 is 5.97 Å². The van der Waals surface area contributed by atoms with Crippen LogP contribution in [0.2, 0.25) is 0 Å². The van der Waals surface area contributed by atoms with Crippen LogP contribution in [0.25, 0.3) is 11.4 Å². The van der Waals surface area contributed by atoms with E-state index in [-0.39, 0.29) is 5.75 Å². The Labute approximate surface area is 169 Å². The van der Waals surface area contributed by atoms with E-state index < -0.39 is 5.97 Å². The van der Waals surface area contributed by atoms with Gasteiger partial charge in [0.2, 0.25) is 0 Å². The second-order valence-electron chi connectivity index (χ2n) is 6.93. The van der Waals surface area contributed by atoms with Gasteiger partial charge in [-0.1, -0.05) is 36.8 Å². The Bertz CT molecular complexity index is 1080. The first-order chi connectivity index (χ1) is 14.2. The monoisotopic (exact) mass is 387 g/mol. The zero-order valence-corrected chi connectivity index (χ0v) is 16.2. The molecule has 0 atom stereocenters. The van der Waals surface area contributed by atoms with Crippen molar-refractivity contribution in [2.24, 2.45) is 0 Å². The van der Waals surface area contributed by atoms with E-state index in [0.29, 0.717) is 17.0 Å². The molecule has 2 heterocycles. The predicted octanol–water partition coefficient (Wildman–Crippen LogP) is 4.38. The largest absolute Gasteiger partial charge is 0.493 e. The first kappa shape index (κ1) is 18.8. The molecule has 4 rings (SSSR count). The second-order valence-corrected chi connectivity index (χ2v) is 6.93. The van der Waals surface area contributed by atoms with Gasteiger partial charge in [-0.05, 0) is 31.4 Å². The van der Waals surface area contributed by atoms with Crippen LogP contribution in [0, 0.1) is 11.3 Å². The third-order valence-corrected chi connectivity index (χ3v) is 5.09. The number of hydrogen-bond donors (Lipinski definition) is 0. The molecular formula is C23H21N3O3. The number of fused-ring (bicyclic) bond motifs is 1. The predicted molar refractivity (Wildman–Crippen MR) is 108 cm³/mol. The second kappa shape index (κ2) is 8.19. The van der Waals surface area contributed by atoms with E-state index in [2.05, 4.69) is 9.55 Å². The molecule has 0 fully saturated rings. The van der Waals surface area contributed by atoms with Crippen molar-refractivity contribution < 1.29 is 14.3 Å². The van der Waals surface area contributed by atoms with Crippen molar-refractivity contribution in [2.45, 2.75) is 32.2 Å². The number of nitriles is 1. The molecule has 0 N–H and O–H groups in total. The molecule has 1 aromatic heterocycles. The van der Waals surface area contributed by atoms with Crippen LogP contribution in [0.15, 0.2) is 48.5 Å². The SMILES string of the molecule is COc1cc(C#N)ccc1OC(=O)c1nc(-c2ccccc2)n2c1CCCCC2. The topological polar surface area (TPSA) is 77.1 Å². The lowest BCUT2D eigenvalue weighted by Gasteiger charge is -2.10. The summed E-state index contributed by atoms with van der Waals surface area (Å²) in [6.07, 6.45) is 3.98. The number of hydrogen-bond acceptors (Lipinski definition) is 5. The van der Waals surface area contributed by atoms with Crippen LogP contribution in [0.5, 0.6) is 11.5 Å². The Morgan fingerprint density at radius 2 is 1.93 bits per heavy atom. The van der Waals surface area contributed by atoms with E-state index in [1.165, 1.54) is 7.11 Å². The average molecular weight is 387 g/mol. The van der Waals surface area contributed by atoms with Crippen molar-refractivity contribution in [1.82, 2.24) is 9.55 Å². The molecule has 146 valence electrons. The van der Waals surface area contributed by atoms with Gasteiger partial charge in [-0.2, -0.15) is 5.26 Å². The van der Waals surface area contributed by atoms with Gasteiger partial charge in [0.15, 0.2) is 17.2 Å². The highest BCUT2D eigenvalue weighted by molar-refractivity contribution is 5.91. The summed E-state index contributed by atoms with van der Waals surface area (Å²) in [5.74, 6) is 0.890. The third-order valence-electron chi connectivity index (χ3n) is 5.09. The standard InChI is InChI=1S/C23H21N3O3/c1-28-20-14-16(15-24)11-12-19(20)29-23(27)21-18-10-6-3-7-13-26(18)22(25-21)17-8-4-2-5-9-17/h2,4-5,8-9,11-12,14H,3,6-7,10,13H2,1H3. The molecule has 0 amide bonds. The van der Waals surface area contributed by atoms with Gasteiger partial charge in [-0.3, -0.25) is 0 Å². The van der Waals surface area contributed by atoms with Crippen LogP contribution in [0.1, 0.15) is 41.0 Å². The summed E-state index contributed by atoms with van der Waals surface area (Å²) in [6.45, 7) is 0.833. The molecule has 0 saturated carbocycles. The number of rotatable bonds is 4. The van der Waals surface area contributed by atoms with Crippen LogP contribution >= 0.6 is 0 Å². The molecule has 0 aliphatic carbocycles. The molecule has 1 aliphatic rings. The molecule has 0 spiro atoms. The van der Waals surface area contributed by atoms with Gasteiger partial charge in [-0.25, -0.2) is 9.78 Å².